The molecule has 96 valence electrons. The van der Waals surface area contributed by atoms with Crippen molar-refractivity contribution in [2.45, 2.75) is 19.3 Å². The number of rotatable bonds is 3. The van der Waals surface area contributed by atoms with Gasteiger partial charge in [0.15, 0.2) is 5.78 Å². The summed E-state index contributed by atoms with van der Waals surface area (Å²) in [4.78, 5) is 11.6. The fourth-order valence-corrected chi connectivity index (χ4v) is 2.14. The van der Waals surface area contributed by atoms with Crippen molar-refractivity contribution in [3.63, 3.8) is 0 Å². The first-order chi connectivity index (χ1) is 8.65. The summed E-state index contributed by atoms with van der Waals surface area (Å²) < 4.78 is 10.4. The van der Waals surface area contributed by atoms with E-state index in [1.54, 1.807) is 14.2 Å². The zero-order valence-electron chi connectivity index (χ0n) is 10.7. The van der Waals surface area contributed by atoms with Gasteiger partial charge in [0.2, 0.25) is 0 Å². The molecule has 0 atom stereocenters. The summed E-state index contributed by atoms with van der Waals surface area (Å²) in [5, 5.41) is 0. The maximum atomic E-state index is 11.6. The van der Waals surface area contributed by atoms with Gasteiger partial charge in [-0.25, -0.2) is 0 Å². The molecule has 0 spiro atoms. The van der Waals surface area contributed by atoms with E-state index in [1.165, 1.54) is 0 Å². The third-order valence-electron chi connectivity index (χ3n) is 3.12. The number of allylic oxidation sites excluding steroid dienone is 1. The number of hydrogen-bond acceptors (Lipinski definition) is 4. The SMILES string of the molecule is COc1cc(C=C2CCCC2=O)cc(OC)c1N. The van der Waals surface area contributed by atoms with Crippen molar-refractivity contribution in [3.05, 3.63) is 23.3 Å². The zero-order chi connectivity index (χ0) is 13.1. The molecule has 0 unspecified atom stereocenters. The number of ether oxygens (including phenoxy) is 2. The minimum atomic E-state index is 0.227. The molecule has 0 saturated heterocycles. The van der Waals surface area contributed by atoms with Gasteiger partial charge >= 0.3 is 0 Å². The van der Waals surface area contributed by atoms with Gasteiger partial charge in [-0.15, -0.1) is 0 Å². The van der Waals surface area contributed by atoms with Crippen LogP contribution in [0.25, 0.3) is 6.08 Å². The molecule has 0 radical (unpaired) electrons. The lowest BCUT2D eigenvalue weighted by Crippen LogP contribution is -1.98. The lowest BCUT2D eigenvalue weighted by atomic mass is 10.1. The van der Waals surface area contributed by atoms with Crippen LogP contribution >= 0.6 is 0 Å². The van der Waals surface area contributed by atoms with E-state index in [2.05, 4.69) is 0 Å². The Bertz CT molecular complexity index is 481. The number of ketones is 1. The van der Waals surface area contributed by atoms with Crippen molar-refractivity contribution in [2.75, 3.05) is 20.0 Å². The monoisotopic (exact) mass is 247 g/mol. The molecule has 0 heterocycles. The van der Waals surface area contributed by atoms with Gasteiger partial charge in [0, 0.05) is 6.42 Å². The Morgan fingerprint density at radius 3 is 2.22 bits per heavy atom. The molecule has 0 amide bonds. The summed E-state index contributed by atoms with van der Waals surface area (Å²) in [6.45, 7) is 0. The van der Waals surface area contributed by atoms with Crippen LogP contribution in [-0.2, 0) is 4.79 Å². The number of nitrogens with two attached hydrogens (primary N) is 1. The molecule has 1 aliphatic rings. The first kappa shape index (κ1) is 12.5. The second kappa shape index (κ2) is 5.12. The second-order valence-corrected chi connectivity index (χ2v) is 4.29. The van der Waals surface area contributed by atoms with Crippen molar-refractivity contribution >= 4 is 17.5 Å². The summed E-state index contributed by atoms with van der Waals surface area (Å²) in [7, 11) is 3.12. The Hall–Kier alpha value is -1.97. The maximum Gasteiger partial charge on any atom is 0.158 e. The lowest BCUT2D eigenvalue weighted by molar-refractivity contribution is -0.114. The van der Waals surface area contributed by atoms with Crippen LogP contribution in [0.4, 0.5) is 5.69 Å². The van der Waals surface area contributed by atoms with E-state index >= 15 is 0 Å². The number of anilines is 1. The molecule has 4 heteroatoms. The minimum absolute atomic E-state index is 0.227. The number of carbonyl (C=O) groups excluding carboxylic acids is 1. The standard InChI is InChI=1S/C14H17NO3/c1-17-12-7-9(8-13(18-2)14(12)15)6-10-4-3-5-11(10)16/h6-8H,3-5,15H2,1-2H3. The molecule has 1 aliphatic carbocycles. The third-order valence-corrected chi connectivity index (χ3v) is 3.12. The highest BCUT2D eigenvalue weighted by Gasteiger charge is 2.17. The average molecular weight is 247 g/mol. The van der Waals surface area contributed by atoms with E-state index in [0.717, 1.165) is 24.0 Å². The summed E-state index contributed by atoms with van der Waals surface area (Å²) in [5.74, 6) is 1.35. The number of hydrogen-bond donors (Lipinski definition) is 1. The Morgan fingerprint density at radius 2 is 1.78 bits per heavy atom. The average Bonchev–Trinajstić information content (AvgIpc) is 2.77. The summed E-state index contributed by atoms with van der Waals surface area (Å²) in [5.41, 5.74) is 8.09. The van der Waals surface area contributed by atoms with Gasteiger partial charge in [-0.05, 0) is 42.2 Å². The fourth-order valence-electron chi connectivity index (χ4n) is 2.14. The van der Waals surface area contributed by atoms with Crippen LogP contribution in [0.5, 0.6) is 11.5 Å². The predicted molar refractivity (Wildman–Crippen MR) is 70.8 cm³/mol. The molecule has 2 N–H and O–H groups in total. The van der Waals surface area contributed by atoms with Crippen molar-refractivity contribution in [2.24, 2.45) is 0 Å². The Morgan fingerprint density at radius 1 is 1.17 bits per heavy atom. The van der Waals surface area contributed by atoms with Gasteiger partial charge in [-0.2, -0.15) is 0 Å². The molecule has 2 rings (SSSR count). The molecule has 0 bridgehead atoms. The molecule has 18 heavy (non-hydrogen) atoms. The van der Waals surface area contributed by atoms with E-state index < -0.39 is 0 Å². The second-order valence-electron chi connectivity index (χ2n) is 4.29. The van der Waals surface area contributed by atoms with Gasteiger partial charge < -0.3 is 15.2 Å². The van der Waals surface area contributed by atoms with Crippen molar-refractivity contribution in [3.8, 4) is 11.5 Å². The first-order valence-electron chi connectivity index (χ1n) is 5.91. The van der Waals surface area contributed by atoms with Gasteiger partial charge in [0.25, 0.3) is 0 Å². The number of Topliss-reactive ketones (excluding diaryl/α,β-unsaturated/α-hetero) is 1. The summed E-state index contributed by atoms with van der Waals surface area (Å²) >= 11 is 0. The lowest BCUT2D eigenvalue weighted by Gasteiger charge is -2.11. The Kier molecular flexibility index (Phi) is 3.55. The van der Waals surface area contributed by atoms with Crippen LogP contribution in [0.3, 0.4) is 0 Å². The van der Waals surface area contributed by atoms with Crippen LogP contribution in [0.15, 0.2) is 17.7 Å². The number of benzene rings is 1. The topological polar surface area (TPSA) is 61.5 Å². The predicted octanol–water partition coefficient (Wildman–Crippen LogP) is 2.42. The number of methoxy groups -OCH3 is 2. The zero-order valence-corrected chi connectivity index (χ0v) is 10.7. The normalized spacial score (nSPS) is 17.2. The molecule has 1 aromatic carbocycles. The number of carbonyl (C=O) groups is 1. The molecule has 1 saturated carbocycles. The highest BCUT2D eigenvalue weighted by molar-refractivity contribution is 6.01. The molecule has 4 nitrogen and oxygen atoms in total. The highest BCUT2D eigenvalue weighted by atomic mass is 16.5. The number of nitrogen functional groups attached to an aromatic ring is 1. The summed E-state index contributed by atoms with van der Waals surface area (Å²) in [6, 6.07) is 3.63. The molecule has 0 aromatic heterocycles. The van der Waals surface area contributed by atoms with Crippen molar-refractivity contribution in [1.82, 2.24) is 0 Å². The summed E-state index contributed by atoms with van der Waals surface area (Å²) in [6.07, 6.45) is 4.32. The maximum absolute atomic E-state index is 11.6. The largest absolute Gasteiger partial charge is 0.494 e. The molecular weight excluding hydrogens is 230 g/mol. The van der Waals surface area contributed by atoms with Gasteiger partial charge in [0.05, 0.1) is 14.2 Å². The van der Waals surface area contributed by atoms with E-state index in [0.29, 0.717) is 23.6 Å². The molecular formula is C14H17NO3. The van der Waals surface area contributed by atoms with E-state index in [1.807, 2.05) is 18.2 Å². The van der Waals surface area contributed by atoms with Crippen molar-refractivity contribution in [1.29, 1.82) is 0 Å². The molecule has 1 fully saturated rings. The van der Waals surface area contributed by atoms with E-state index in [9.17, 15) is 4.79 Å². The molecule has 1 aromatic rings. The van der Waals surface area contributed by atoms with Gasteiger partial charge in [-0.3, -0.25) is 4.79 Å². The first-order valence-corrected chi connectivity index (χ1v) is 5.91. The smallest absolute Gasteiger partial charge is 0.158 e. The Labute approximate surface area is 106 Å². The van der Waals surface area contributed by atoms with E-state index in [-0.39, 0.29) is 5.78 Å². The van der Waals surface area contributed by atoms with Crippen LogP contribution in [0.1, 0.15) is 24.8 Å². The van der Waals surface area contributed by atoms with Crippen molar-refractivity contribution < 1.29 is 14.3 Å². The fraction of sp³-hybridized carbons (Fsp3) is 0.357. The third kappa shape index (κ3) is 2.32. The van der Waals surface area contributed by atoms with Gasteiger partial charge in [-0.1, -0.05) is 0 Å². The minimum Gasteiger partial charge on any atom is -0.494 e. The van der Waals surface area contributed by atoms with Crippen LogP contribution in [0, 0.1) is 0 Å². The van der Waals surface area contributed by atoms with E-state index in [4.69, 9.17) is 15.2 Å². The Balaban J connectivity index is 2.42. The van der Waals surface area contributed by atoms with Crippen LogP contribution in [-0.4, -0.2) is 20.0 Å². The van der Waals surface area contributed by atoms with Crippen LogP contribution in [0.2, 0.25) is 0 Å². The van der Waals surface area contributed by atoms with Crippen LogP contribution < -0.4 is 15.2 Å². The quantitative estimate of drug-likeness (QED) is 0.658. The highest BCUT2D eigenvalue weighted by Crippen LogP contribution is 2.34. The molecule has 0 aliphatic heterocycles. The van der Waals surface area contributed by atoms with Gasteiger partial charge in [0.1, 0.15) is 17.2 Å².